The van der Waals surface area contributed by atoms with E-state index in [1.807, 2.05) is 0 Å². The minimum absolute atomic E-state index is 0.607. The van der Waals surface area contributed by atoms with Crippen molar-refractivity contribution < 1.29 is 0 Å². The van der Waals surface area contributed by atoms with Gasteiger partial charge in [0.1, 0.15) is 0 Å². The van der Waals surface area contributed by atoms with Crippen LogP contribution in [0.5, 0.6) is 0 Å². The topological polar surface area (TPSA) is 12.0 Å². The predicted octanol–water partition coefficient (Wildman–Crippen LogP) is 5.35. The van der Waals surface area contributed by atoms with Gasteiger partial charge >= 0.3 is 0 Å². The van der Waals surface area contributed by atoms with Crippen molar-refractivity contribution in [1.82, 2.24) is 5.32 Å². The quantitative estimate of drug-likeness (QED) is 0.790. The summed E-state index contributed by atoms with van der Waals surface area (Å²) in [6.45, 7) is 8.25. The Kier molecular flexibility index (Phi) is 5.06. The Bertz CT molecular complexity index is 431. The van der Waals surface area contributed by atoms with Crippen LogP contribution in [0.4, 0.5) is 0 Å². The van der Waals surface area contributed by atoms with Crippen LogP contribution in [0.1, 0.15) is 74.2 Å². The first-order valence-electron chi connectivity index (χ1n) is 9.02. The van der Waals surface area contributed by atoms with Crippen LogP contribution in [0.15, 0.2) is 6.07 Å². The molecule has 0 spiro atoms. The lowest BCUT2D eigenvalue weighted by Gasteiger charge is -2.36. The summed E-state index contributed by atoms with van der Waals surface area (Å²) in [4.78, 5) is 3.33. The summed E-state index contributed by atoms with van der Waals surface area (Å²) in [6.07, 6.45) is 9.69. The molecule has 2 aliphatic carbocycles. The van der Waals surface area contributed by atoms with Crippen LogP contribution in [-0.4, -0.2) is 6.54 Å². The number of hydrogen-bond acceptors (Lipinski definition) is 2. The lowest BCUT2D eigenvalue weighted by molar-refractivity contribution is 0.179. The molecule has 21 heavy (non-hydrogen) atoms. The molecule has 0 aromatic carbocycles. The molecule has 0 saturated heterocycles. The molecule has 2 aliphatic rings. The van der Waals surface area contributed by atoms with Crippen LogP contribution in [-0.2, 0) is 12.8 Å². The van der Waals surface area contributed by atoms with Crippen LogP contribution < -0.4 is 5.32 Å². The van der Waals surface area contributed by atoms with Crippen LogP contribution >= 0.6 is 11.3 Å². The monoisotopic (exact) mass is 305 g/mol. The van der Waals surface area contributed by atoms with Gasteiger partial charge < -0.3 is 5.32 Å². The van der Waals surface area contributed by atoms with Crippen molar-refractivity contribution in [2.24, 2.45) is 17.8 Å². The van der Waals surface area contributed by atoms with Crippen molar-refractivity contribution in [1.29, 1.82) is 0 Å². The molecule has 1 N–H and O–H groups in total. The maximum absolute atomic E-state index is 3.83. The lowest BCUT2D eigenvalue weighted by atomic mass is 9.73. The molecule has 1 aromatic heterocycles. The Balaban J connectivity index is 1.81. The number of nitrogens with one attached hydrogen (secondary N) is 1. The minimum atomic E-state index is 0.607. The maximum atomic E-state index is 3.83. The normalized spacial score (nSPS) is 30.9. The SMILES string of the molecule is CCNC(c1cc2c(s1)CCCC2)C1CC(C)CC(C)C1. The van der Waals surface area contributed by atoms with Crippen LogP contribution in [0, 0.1) is 17.8 Å². The third-order valence-corrected chi connectivity index (χ3v) is 6.75. The molecule has 0 aliphatic heterocycles. The summed E-state index contributed by atoms with van der Waals surface area (Å²) >= 11 is 2.12. The van der Waals surface area contributed by atoms with Gasteiger partial charge in [0, 0.05) is 15.8 Å². The molecular weight excluding hydrogens is 274 g/mol. The van der Waals surface area contributed by atoms with E-state index in [0.29, 0.717) is 6.04 Å². The van der Waals surface area contributed by atoms with Crippen molar-refractivity contribution in [3.63, 3.8) is 0 Å². The standard InChI is InChI=1S/C19H31NS/c1-4-20-19(16-10-13(2)9-14(3)11-16)18-12-15-7-5-6-8-17(15)21-18/h12-14,16,19-20H,4-11H2,1-3H3. The molecule has 0 radical (unpaired) electrons. The van der Waals surface area contributed by atoms with Crippen molar-refractivity contribution in [3.05, 3.63) is 21.4 Å². The fourth-order valence-corrected chi connectivity index (χ4v) is 6.09. The van der Waals surface area contributed by atoms with Gasteiger partial charge in [0.15, 0.2) is 0 Å². The number of aryl methyl sites for hydroxylation is 2. The van der Waals surface area contributed by atoms with Gasteiger partial charge in [0.05, 0.1) is 0 Å². The van der Waals surface area contributed by atoms with Crippen molar-refractivity contribution in [2.75, 3.05) is 6.54 Å². The maximum Gasteiger partial charge on any atom is 0.0443 e. The molecule has 1 fully saturated rings. The fraction of sp³-hybridized carbons (Fsp3) is 0.789. The Hall–Kier alpha value is -0.340. The van der Waals surface area contributed by atoms with Crippen molar-refractivity contribution in [3.8, 4) is 0 Å². The van der Waals surface area contributed by atoms with Gasteiger partial charge in [-0.2, -0.15) is 0 Å². The molecule has 3 unspecified atom stereocenters. The van der Waals surface area contributed by atoms with Gasteiger partial charge in [-0.25, -0.2) is 0 Å². The van der Waals surface area contributed by atoms with E-state index in [9.17, 15) is 0 Å². The molecule has 3 atom stereocenters. The van der Waals surface area contributed by atoms with E-state index in [1.165, 1.54) is 44.9 Å². The molecule has 0 amide bonds. The first kappa shape index (κ1) is 15.6. The second kappa shape index (κ2) is 6.83. The van der Waals surface area contributed by atoms with Crippen molar-refractivity contribution in [2.45, 2.75) is 71.8 Å². The van der Waals surface area contributed by atoms with Gasteiger partial charge in [0.2, 0.25) is 0 Å². The largest absolute Gasteiger partial charge is 0.309 e. The molecule has 1 aromatic rings. The molecule has 1 saturated carbocycles. The highest BCUT2D eigenvalue weighted by Gasteiger charge is 2.32. The number of thiophene rings is 1. The highest BCUT2D eigenvalue weighted by molar-refractivity contribution is 7.12. The van der Waals surface area contributed by atoms with Crippen LogP contribution in [0.3, 0.4) is 0 Å². The Morgan fingerprint density at radius 2 is 1.86 bits per heavy atom. The average Bonchev–Trinajstić information content (AvgIpc) is 2.87. The third-order valence-electron chi connectivity index (χ3n) is 5.43. The van der Waals surface area contributed by atoms with Crippen LogP contribution in [0.2, 0.25) is 0 Å². The molecule has 118 valence electrons. The first-order chi connectivity index (χ1) is 10.2. The highest BCUT2D eigenvalue weighted by Crippen LogP contribution is 2.43. The lowest BCUT2D eigenvalue weighted by Crippen LogP contribution is -2.32. The Labute approximate surface area is 134 Å². The van der Waals surface area contributed by atoms with Gasteiger partial charge in [-0.05, 0) is 80.9 Å². The third kappa shape index (κ3) is 3.53. The smallest absolute Gasteiger partial charge is 0.0443 e. The number of rotatable bonds is 4. The Morgan fingerprint density at radius 1 is 1.14 bits per heavy atom. The average molecular weight is 306 g/mol. The molecule has 1 nitrogen and oxygen atoms in total. The molecule has 0 bridgehead atoms. The summed E-state index contributed by atoms with van der Waals surface area (Å²) < 4.78 is 0. The van der Waals surface area contributed by atoms with E-state index < -0.39 is 0 Å². The summed E-state index contributed by atoms with van der Waals surface area (Å²) in [7, 11) is 0. The molecule has 1 heterocycles. The summed E-state index contributed by atoms with van der Waals surface area (Å²) in [6, 6.07) is 3.16. The predicted molar refractivity (Wildman–Crippen MR) is 93.0 cm³/mol. The van der Waals surface area contributed by atoms with E-state index in [2.05, 4.69) is 43.5 Å². The van der Waals surface area contributed by atoms with E-state index in [1.54, 1.807) is 15.3 Å². The highest BCUT2D eigenvalue weighted by atomic mass is 32.1. The van der Waals surface area contributed by atoms with Gasteiger partial charge in [-0.15, -0.1) is 11.3 Å². The van der Waals surface area contributed by atoms with Gasteiger partial charge in [-0.1, -0.05) is 20.8 Å². The minimum Gasteiger partial charge on any atom is -0.309 e. The summed E-state index contributed by atoms with van der Waals surface area (Å²) in [5.74, 6) is 2.63. The summed E-state index contributed by atoms with van der Waals surface area (Å²) in [5, 5.41) is 3.83. The number of fused-ring (bicyclic) bond motifs is 1. The van der Waals surface area contributed by atoms with E-state index >= 15 is 0 Å². The zero-order chi connectivity index (χ0) is 14.8. The van der Waals surface area contributed by atoms with Crippen LogP contribution in [0.25, 0.3) is 0 Å². The Morgan fingerprint density at radius 3 is 2.52 bits per heavy atom. The molecular formula is C19H31NS. The van der Waals surface area contributed by atoms with E-state index in [4.69, 9.17) is 0 Å². The molecule has 3 rings (SSSR count). The fourth-order valence-electron chi connectivity index (χ4n) is 4.67. The molecule has 2 heteroatoms. The van der Waals surface area contributed by atoms with Gasteiger partial charge in [0.25, 0.3) is 0 Å². The summed E-state index contributed by atoms with van der Waals surface area (Å²) in [5.41, 5.74) is 1.67. The second-order valence-corrected chi connectivity index (χ2v) is 8.69. The zero-order valence-corrected chi connectivity index (χ0v) is 14.8. The number of hydrogen-bond donors (Lipinski definition) is 1. The zero-order valence-electron chi connectivity index (χ0n) is 14.0. The van der Waals surface area contributed by atoms with Gasteiger partial charge in [-0.3, -0.25) is 0 Å². The second-order valence-electron chi connectivity index (χ2n) is 7.52. The van der Waals surface area contributed by atoms with E-state index in [0.717, 1.165) is 24.3 Å². The van der Waals surface area contributed by atoms with Crippen molar-refractivity contribution >= 4 is 11.3 Å². The van der Waals surface area contributed by atoms with E-state index in [-0.39, 0.29) is 0 Å². The first-order valence-corrected chi connectivity index (χ1v) is 9.83.